The van der Waals surface area contributed by atoms with Gasteiger partial charge in [0, 0.05) is 43.9 Å². The van der Waals surface area contributed by atoms with Crippen molar-refractivity contribution in [2.75, 3.05) is 31.1 Å². The number of non-ortho nitro benzene ring substituents is 1. The lowest BCUT2D eigenvalue weighted by Crippen LogP contribution is -2.47. The van der Waals surface area contributed by atoms with Gasteiger partial charge in [0.05, 0.1) is 16.7 Å². The Morgan fingerprint density at radius 2 is 1.76 bits per heavy atom. The third kappa shape index (κ3) is 3.90. The number of para-hydroxylation sites is 2. The van der Waals surface area contributed by atoms with Gasteiger partial charge in [-0.3, -0.25) is 15.0 Å². The molecule has 0 amide bonds. The number of anilines is 1. The minimum atomic E-state index is -0.445. The lowest BCUT2D eigenvalue weighted by Gasteiger charge is -2.38. The zero-order valence-corrected chi connectivity index (χ0v) is 15.9. The summed E-state index contributed by atoms with van der Waals surface area (Å²) in [5, 5.41) is 29.1. The van der Waals surface area contributed by atoms with Crippen LogP contribution in [-0.2, 0) is 0 Å². The Morgan fingerprint density at radius 3 is 2.41 bits per heavy atom. The zero-order chi connectivity index (χ0) is 20.4. The maximum Gasteiger partial charge on any atom is 0.269 e. The van der Waals surface area contributed by atoms with E-state index in [2.05, 4.69) is 20.0 Å². The van der Waals surface area contributed by atoms with Crippen molar-refractivity contribution < 1.29 is 14.4 Å². The highest BCUT2D eigenvalue weighted by Gasteiger charge is 2.26. The number of aromatic hydroxyl groups is 1. The number of nitrogens with zero attached hydrogens (tertiary/aromatic N) is 5. The fourth-order valence-electron chi connectivity index (χ4n) is 3.48. The third-order valence-corrected chi connectivity index (χ3v) is 5.21. The number of benzene rings is 2. The van der Waals surface area contributed by atoms with E-state index in [-0.39, 0.29) is 11.7 Å². The lowest BCUT2D eigenvalue weighted by atomic mass is 10.2. The van der Waals surface area contributed by atoms with E-state index in [1.54, 1.807) is 18.2 Å². The van der Waals surface area contributed by atoms with Crippen molar-refractivity contribution >= 4 is 11.4 Å². The second-order valence-corrected chi connectivity index (χ2v) is 6.94. The molecule has 1 aliphatic rings. The first-order valence-corrected chi connectivity index (χ1v) is 9.38. The molecule has 1 aliphatic heterocycles. The van der Waals surface area contributed by atoms with Gasteiger partial charge in [0.1, 0.15) is 5.75 Å². The van der Waals surface area contributed by atoms with Crippen LogP contribution in [0.15, 0.2) is 52.9 Å². The summed E-state index contributed by atoms with van der Waals surface area (Å²) >= 11 is 0. The van der Waals surface area contributed by atoms with Crippen molar-refractivity contribution in [3.8, 4) is 17.2 Å². The molecule has 4 rings (SSSR count). The lowest BCUT2D eigenvalue weighted by molar-refractivity contribution is -0.384. The maximum atomic E-state index is 10.8. The molecule has 1 saturated heterocycles. The third-order valence-electron chi connectivity index (χ3n) is 5.21. The van der Waals surface area contributed by atoms with Crippen molar-refractivity contribution in [2.45, 2.75) is 13.0 Å². The zero-order valence-electron chi connectivity index (χ0n) is 15.9. The number of hydrogen-bond donors (Lipinski definition) is 1. The van der Waals surface area contributed by atoms with E-state index in [1.165, 1.54) is 12.1 Å². The normalized spacial score (nSPS) is 16.0. The van der Waals surface area contributed by atoms with Gasteiger partial charge in [-0.1, -0.05) is 12.1 Å². The van der Waals surface area contributed by atoms with E-state index in [0.717, 1.165) is 31.9 Å². The number of aromatic nitrogens is 2. The molecule has 0 unspecified atom stereocenters. The van der Waals surface area contributed by atoms with Crippen molar-refractivity contribution in [3.63, 3.8) is 0 Å². The van der Waals surface area contributed by atoms with Crippen LogP contribution in [-0.4, -0.2) is 51.3 Å². The molecule has 1 atom stereocenters. The van der Waals surface area contributed by atoms with Crippen LogP contribution >= 0.6 is 0 Å². The smallest absolute Gasteiger partial charge is 0.269 e. The molecule has 2 heterocycles. The Labute approximate surface area is 167 Å². The highest BCUT2D eigenvalue weighted by molar-refractivity contribution is 5.58. The molecule has 1 N–H and O–H groups in total. The molecule has 0 saturated carbocycles. The molecule has 9 nitrogen and oxygen atoms in total. The number of nitro benzene ring substituents is 1. The molecule has 0 radical (unpaired) electrons. The summed E-state index contributed by atoms with van der Waals surface area (Å²) in [5.41, 5.74) is 1.51. The number of rotatable bonds is 5. The van der Waals surface area contributed by atoms with E-state index in [9.17, 15) is 15.2 Å². The largest absolute Gasteiger partial charge is 0.506 e. The predicted molar refractivity (Wildman–Crippen MR) is 107 cm³/mol. The van der Waals surface area contributed by atoms with Gasteiger partial charge in [-0.15, -0.1) is 10.2 Å². The number of nitro groups is 1. The standard InChI is InChI=1S/C20H21N5O4/c1-14(23-10-12-24(13-11-23)17-4-2-3-5-18(17)26)19-21-22-20(29-19)15-6-8-16(9-7-15)25(27)28/h2-9,14,26H,10-13H2,1H3/t14-/m0/s1. The van der Waals surface area contributed by atoms with Gasteiger partial charge in [0.2, 0.25) is 11.8 Å². The first kappa shape index (κ1) is 18.9. The average Bonchev–Trinajstić information content (AvgIpc) is 3.24. The molecule has 0 bridgehead atoms. The summed E-state index contributed by atoms with van der Waals surface area (Å²) in [5.74, 6) is 1.14. The highest BCUT2D eigenvalue weighted by Crippen LogP contribution is 2.30. The van der Waals surface area contributed by atoms with Crippen LogP contribution in [0.2, 0.25) is 0 Å². The summed E-state index contributed by atoms with van der Waals surface area (Å²) in [4.78, 5) is 14.8. The summed E-state index contributed by atoms with van der Waals surface area (Å²) in [6.45, 7) is 5.18. The summed E-state index contributed by atoms with van der Waals surface area (Å²) in [6.07, 6.45) is 0. The van der Waals surface area contributed by atoms with Crippen LogP contribution in [0.3, 0.4) is 0 Å². The molecule has 1 aromatic heterocycles. The SMILES string of the molecule is C[C@@H](c1nnc(-c2ccc([N+](=O)[O-])cc2)o1)N1CCN(c2ccccc2O)CC1. The van der Waals surface area contributed by atoms with Gasteiger partial charge in [0.15, 0.2) is 0 Å². The van der Waals surface area contributed by atoms with Crippen molar-refractivity contribution in [1.29, 1.82) is 0 Å². The molecule has 2 aromatic carbocycles. The van der Waals surface area contributed by atoms with Crippen LogP contribution < -0.4 is 4.90 Å². The Kier molecular flexibility index (Phi) is 5.13. The molecule has 150 valence electrons. The molecule has 29 heavy (non-hydrogen) atoms. The van der Waals surface area contributed by atoms with Crippen molar-refractivity contribution in [2.24, 2.45) is 0 Å². The molecule has 1 fully saturated rings. The van der Waals surface area contributed by atoms with Gasteiger partial charge < -0.3 is 14.4 Å². The molecular weight excluding hydrogens is 374 g/mol. The number of phenols is 1. The molecule has 3 aromatic rings. The van der Waals surface area contributed by atoms with Crippen molar-refractivity contribution in [3.05, 3.63) is 64.5 Å². The molecule has 0 spiro atoms. The Hall–Kier alpha value is -3.46. The minimum Gasteiger partial charge on any atom is -0.506 e. The monoisotopic (exact) mass is 395 g/mol. The van der Waals surface area contributed by atoms with Crippen LogP contribution in [0.5, 0.6) is 5.75 Å². The van der Waals surface area contributed by atoms with Gasteiger partial charge in [-0.2, -0.15) is 0 Å². The van der Waals surface area contributed by atoms with E-state index in [1.807, 2.05) is 25.1 Å². The summed E-state index contributed by atoms with van der Waals surface area (Å²) < 4.78 is 5.83. The number of hydrogen-bond acceptors (Lipinski definition) is 8. The second-order valence-electron chi connectivity index (χ2n) is 6.94. The van der Waals surface area contributed by atoms with E-state index < -0.39 is 4.92 Å². The fourth-order valence-corrected chi connectivity index (χ4v) is 3.48. The van der Waals surface area contributed by atoms with Crippen LogP contribution in [0.1, 0.15) is 18.9 Å². The van der Waals surface area contributed by atoms with Crippen LogP contribution in [0.4, 0.5) is 11.4 Å². The van der Waals surface area contributed by atoms with Gasteiger partial charge >= 0.3 is 0 Å². The van der Waals surface area contributed by atoms with Crippen LogP contribution in [0, 0.1) is 10.1 Å². The maximum absolute atomic E-state index is 10.8. The van der Waals surface area contributed by atoms with Crippen LogP contribution in [0.25, 0.3) is 11.5 Å². The molecule has 0 aliphatic carbocycles. The number of piperazine rings is 1. The van der Waals surface area contributed by atoms with Gasteiger partial charge in [-0.25, -0.2) is 0 Å². The number of phenolic OH excluding ortho intramolecular Hbond substituents is 1. The quantitative estimate of drug-likeness (QED) is 0.518. The highest BCUT2D eigenvalue weighted by atomic mass is 16.6. The Balaban J connectivity index is 1.41. The van der Waals surface area contributed by atoms with Gasteiger partial charge in [0.25, 0.3) is 5.69 Å². The molecular formula is C20H21N5O4. The first-order chi connectivity index (χ1) is 14.0. The summed E-state index contributed by atoms with van der Waals surface area (Å²) in [7, 11) is 0. The molecule has 9 heteroatoms. The fraction of sp³-hybridized carbons (Fsp3) is 0.300. The van der Waals surface area contributed by atoms with E-state index >= 15 is 0 Å². The van der Waals surface area contributed by atoms with E-state index in [0.29, 0.717) is 23.1 Å². The minimum absolute atomic E-state index is 0.0178. The Morgan fingerprint density at radius 1 is 1.07 bits per heavy atom. The second kappa shape index (κ2) is 7.88. The predicted octanol–water partition coefficient (Wildman–Crippen LogP) is 3.23. The first-order valence-electron chi connectivity index (χ1n) is 9.38. The van der Waals surface area contributed by atoms with Crippen molar-refractivity contribution in [1.82, 2.24) is 15.1 Å². The topological polar surface area (TPSA) is 109 Å². The average molecular weight is 395 g/mol. The summed E-state index contributed by atoms with van der Waals surface area (Å²) in [6, 6.07) is 13.3. The van der Waals surface area contributed by atoms with E-state index in [4.69, 9.17) is 4.42 Å². The van der Waals surface area contributed by atoms with Gasteiger partial charge in [-0.05, 0) is 31.2 Å². The Bertz CT molecular complexity index is 996.